The lowest BCUT2D eigenvalue weighted by molar-refractivity contribution is -0.140. The fourth-order valence-corrected chi connectivity index (χ4v) is 5.45. The molecule has 0 aliphatic carbocycles. The van der Waals surface area contributed by atoms with Gasteiger partial charge in [-0.2, -0.15) is 0 Å². The minimum absolute atomic E-state index is 0.0554. The first-order chi connectivity index (χ1) is 19.6. The highest BCUT2D eigenvalue weighted by atomic mass is 16.5. The molecule has 1 N–H and O–H groups in total. The van der Waals surface area contributed by atoms with Crippen LogP contribution in [0.1, 0.15) is 35.3 Å². The average Bonchev–Trinajstić information content (AvgIpc) is 3.38. The quantitative estimate of drug-likeness (QED) is 0.242. The third-order valence-electron chi connectivity index (χ3n) is 7.47. The number of hydrogen-bond donors (Lipinski definition) is 1. The van der Waals surface area contributed by atoms with Gasteiger partial charge in [0.25, 0.3) is 5.91 Å². The highest BCUT2D eigenvalue weighted by Crippen LogP contribution is 2.40. The maximum absolute atomic E-state index is 13.9. The number of carbonyl (C=O) groups is 1. The van der Waals surface area contributed by atoms with Crippen molar-refractivity contribution in [3.63, 3.8) is 0 Å². The van der Waals surface area contributed by atoms with Crippen molar-refractivity contribution in [1.29, 1.82) is 0 Å². The lowest BCUT2D eigenvalue weighted by atomic mass is 9.92. The molecule has 0 saturated carbocycles. The highest BCUT2D eigenvalue weighted by Gasteiger charge is 2.37. The molecule has 0 saturated heterocycles. The summed E-state index contributed by atoms with van der Waals surface area (Å²) in [6, 6.07) is 33.4. The zero-order valence-corrected chi connectivity index (χ0v) is 22.7. The largest absolute Gasteiger partial charge is 0.497 e. The number of aromatic nitrogens is 1. The fourth-order valence-electron chi connectivity index (χ4n) is 5.45. The van der Waals surface area contributed by atoms with Crippen molar-refractivity contribution in [2.45, 2.75) is 32.1 Å². The molecular weight excluding hydrogens is 500 g/mol. The normalized spacial score (nSPS) is 15.3. The summed E-state index contributed by atoms with van der Waals surface area (Å²) in [5.74, 6) is 2.22. The SMILES string of the molecule is COc1ccc2[nH]c3c(c2c1)CCN(C(=O)[C@H](C)Oc1ccccc1)[C@@H]3c1ccc(OCc2ccccc2)cc1. The van der Waals surface area contributed by atoms with Gasteiger partial charge in [-0.05, 0) is 72.5 Å². The maximum atomic E-state index is 13.9. The summed E-state index contributed by atoms with van der Waals surface area (Å²) in [6.45, 7) is 2.89. The molecule has 1 amide bonds. The molecule has 6 nitrogen and oxygen atoms in total. The summed E-state index contributed by atoms with van der Waals surface area (Å²) < 4.78 is 17.6. The Kier molecular flexibility index (Phi) is 7.15. The van der Waals surface area contributed by atoms with Crippen molar-refractivity contribution < 1.29 is 19.0 Å². The Balaban J connectivity index is 1.33. The van der Waals surface area contributed by atoms with Crippen LogP contribution < -0.4 is 14.2 Å². The summed E-state index contributed by atoms with van der Waals surface area (Å²) >= 11 is 0. The predicted molar refractivity (Wildman–Crippen MR) is 156 cm³/mol. The van der Waals surface area contributed by atoms with Gasteiger partial charge in [-0.15, -0.1) is 0 Å². The molecule has 0 radical (unpaired) electrons. The molecule has 5 aromatic rings. The zero-order chi connectivity index (χ0) is 27.5. The number of methoxy groups -OCH3 is 1. The van der Waals surface area contributed by atoms with Gasteiger partial charge in [0.1, 0.15) is 23.9 Å². The average molecular weight is 533 g/mol. The first-order valence-corrected chi connectivity index (χ1v) is 13.6. The van der Waals surface area contributed by atoms with E-state index in [1.165, 1.54) is 5.56 Å². The molecular formula is C34H32N2O4. The Morgan fingerprint density at radius 1 is 0.900 bits per heavy atom. The Hall–Kier alpha value is -4.71. The van der Waals surface area contributed by atoms with Gasteiger partial charge < -0.3 is 24.1 Å². The number of benzene rings is 4. The van der Waals surface area contributed by atoms with Crippen LogP contribution in [-0.2, 0) is 17.8 Å². The van der Waals surface area contributed by atoms with E-state index >= 15 is 0 Å². The van der Waals surface area contributed by atoms with E-state index in [2.05, 4.69) is 23.2 Å². The van der Waals surface area contributed by atoms with E-state index in [4.69, 9.17) is 14.2 Å². The number of fused-ring (bicyclic) bond motifs is 3. The van der Waals surface area contributed by atoms with E-state index in [9.17, 15) is 4.79 Å². The van der Waals surface area contributed by atoms with Crippen LogP contribution in [0.3, 0.4) is 0 Å². The van der Waals surface area contributed by atoms with E-state index in [0.29, 0.717) is 18.9 Å². The topological polar surface area (TPSA) is 63.8 Å². The third-order valence-corrected chi connectivity index (χ3v) is 7.47. The first-order valence-electron chi connectivity index (χ1n) is 13.6. The van der Waals surface area contributed by atoms with Crippen LogP contribution in [0.5, 0.6) is 17.2 Å². The molecule has 0 spiro atoms. The van der Waals surface area contributed by atoms with Crippen molar-refractivity contribution in [3.8, 4) is 17.2 Å². The minimum Gasteiger partial charge on any atom is -0.497 e. The fraction of sp³-hybridized carbons (Fsp3) is 0.206. The number of amides is 1. The number of carbonyl (C=O) groups excluding carboxylic acids is 1. The van der Waals surface area contributed by atoms with Gasteiger partial charge >= 0.3 is 0 Å². The molecule has 6 heteroatoms. The van der Waals surface area contributed by atoms with Crippen LogP contribution >= 0.6 is 0 Å². The van der Waals surface area contributed by atoms with Crippen LogP contribution in [0.25, 0.3) is 10.9 Å². The second-order valence-electron chi connectivity index (χ2n) is 10.0. The number of H-pyrrole nitrogens is 1. The molecule has 0 unspecified atom stereocenters. The van der Waals surface area contributed by atoms with Crippen molar-refractivity contribution in [2.24, 2.45) is 0 Å². The summed E-state index contributed by atoms with van der Waals surface area (Å²) in [5, 5.41) is 1.13. The summed E-state index contributed by atoms with van der Waals surface area (Å²) in [7, 11) is 1.68. The number of aromatic amines is 1. The predicted octanol–water partition coefficient (Wildman–Crippen LogP) is 6.70. The molecule has 2 atom stereocenters. The molecule has 1 aliphatic rings. The minimum atomic E-state index is -0.635. The molecule has 6 rings (SSSR count). The third kappa shape index (κ3) is 5.13. The van der Waals surface area contributed by atoms with Crippen LogP contribution in [0.4, 0.5) is 0 Å². The Morgan fingerprint density at radius 2 is 1.60 bits per heavy atom. The number of ether oxygens (including phenoxy) is 3. The monoisotopic (exact) mass is 532 g/mol. The van der Waals surface area contributed by atoms with Crippen LogP contribution in [-0.4, -0.2) is 35.5 Å². The van der Waals surface area contributed by atoms with Gasteiger partial charge in [0.2, 0.25) is 0 Å². The Labute approximate surface area is 234 Å². The second-order valence-corrected chi connectivity index (χ2v) is 10.0. The number of hydrogen-bond acceptors (Lipinski definition) is 4. The van der Waals surface area contributed by atoms with Crippen molar-refractivity contribution >= 4 is 16.8 Å². The van der Waals surface area contributed by atoms with Gasteiger partial charge in [-0.25, -0.2) is 0 Å². The van der Waals surface area contributed by atoms with Gasteiger partial charge in [-0.3, -0.25) is 4.79 Å². The van der Waals surface area contributed by atoms with Crippen LogP contribution in [0.15, 0.2) is 103 Å². The number of nitrogens with zero attached hydrogens (tertiary/aromatic N) is 1. The van der Waals surface area contributed by atoms with Gasteiger partial charge in [0.05, 0.1) is 13.2 Å². The summed E-state index contributed by atoms with van der Waals surface area (Å²) in [6.07, 6.45) is 0.102. The number of nitrogens with one attached hydrogen (secondary N) is 1. The smallest absolute Gasteiger partial charge is 0.264 e. The molecule has 1 aromatic heterocycles. The first kappa shape index (κ1) is 25.6. The molecule has 40 heavy (non-hydrogen) atoms. The number of rotatable bonds is 8. The van der Waals surface area contributed by atoms with Gasteiger partial charge in [-0.1, -0.05) is 60.7 Å². The summed E-state index contributed by atoms with van der Waals surface area (Å²) in [5.41, 5.74) is 5.38. The van der Waals surface area contributed by atoms with E-state index in [0.717, 1.165) is 45.6 Å². The molecule has 0 bridgehead atoms. The van der Waals surface area contributed by atoms with E-state index in [-0.39, 0.29) is 11.9 Å². The van der Waals surface area contributed by atoms with Gasteiger partial charge in [0.15, 0.2) is 6.10 Å². The van der Waals surface area contributed by atoms with Crippen LogP contribution in [0, 0.1) is 0 Å². The van der Waals surface area contributed by atoms with E-state index < -0.39 is 6.10 Å². The molecule has 2 heterocycles. The standard InChI is InChI=1S/C34H32N2O4/c1-23(40-27-11-7-4-8-12-27)34(37)36-20-19-29-30-21-28(38-2)17-18-31(30)35-32(29)33(36)25-13-15-26(16-14-25)39-22-24-9-5-3-6-10-24/h3-18,21,23,33,35H,19-20,22H2,1-2H3/t23-,33+/m0/s1. The van der Waals surface area contributed by atoms with E-state index in [1.54, 1.807) is 7.11 Å². The lowest BCUT2D eigenvalue weighted by Gasteiger charge is -2.37. The molecule has 1 aliphatic heterocycles. The molecule has 0 fully saturated rings. The molecule has 202 valence electrons. The second kappa shape index (κ2) is 11.2. The Bertz CT molecular complexity index is 1600. The zero-order valence-electron chi connectivity index (χ0n) is 22.7. The number of para-hydroxylation sites is 1. The Morgan fingerprint density at radius 3 is 2.33 bits per heavy atom. The van der Waals surface area contributed by atoms with Crippen LogP contribution in [0.2, 0.25) is 0 Å². The highest BCUT2D eigenvalue weighted by molar-refractivity contribution is 5.88. The maximum Gasteiger partial charge on any atom is 0.264 e. The van der Waals surface area contributed by atoms with Crippen molar-refractivity contribution in [3.05, 3.63) is 126 Å². The molecule has 4 aromatic carbocycles. The summed E-state index contributed by atoms with van der Waals surface area (Å²) in [4.78, 5) is 19.4. The van der Waals surface area contributed by atoms with Crippen molar-refractivity contribution in [1.82, 2.24) is 9.88 Å². The lowest BCUT2D eigenvalue weighted by Crippen LogP contribution is -2.46. The van der Waals surface area contributed by atoms with E-state index in [1.807, 2.05) is 96.8 Å². The van der Waals surface area contributed by atoms with Crippen molar-refractivity contribution in [2.75, 3.05) is 13.7 Å². The van der Waals surface area contributed by atoms with Gasteiger partial charge in [0, 0.05) is 23.1 Å².